The number of rotatable bonds is 8. The largest absolute Gasteiger partial charge is 2.00 e. The maximum absolute atomic E-state index is 9.56. The molecule has 0 spiro atoms. The van der Waals surface area contributed by atoms with Crippen LogP contribution in [0.2, 0.25) is 0 Å². The van der Waals surface area contributed by atoms with E-state index in [4.69, 9.17) is 15.3 Å². The Hall–Kier alpha value is -0.783. The van der Waals surface area contributed by atoms with Gasteiger partial charge in [0.2, 0.25) is 0 Å². The van der Waals surface area contributed by atoms with Gasteiger partial charge in [0.25, 0.3) is 0 Å². The van der Waals surface area contributed by atoms with E-state index in [0.29, 0.717) is 0 Å². The van der Waals surface area contributed by atoms with Crippen molar-refractivity contribution in [3.63, 3.8) is 0 Å². The fourth-order valence-electron chi connectivity index (χ4n) is 0.312. The van der Waals surface area contributed by atoms with Crippen molar-refractivity contribution >= 4 is 18.3 Å². The second kappa shape index (κ2) is 24.2. The fourth-order valence-corrected chi connectivity index (χ4v) is 0.820. The summed E-state index contributed by atoms with van der Waals surface area (Å²) in [5.74, 6) is 0. The maximum Gasteiger partial charge on any atom is 2.00 e. The van der Waals surface area contributed by atoms with Gasteiger partial charge < -0.3 is 42.7 Å². The molecule has 21 heavy (non-hydrogen) atoms. The van der Waals surface area contributed by atoms with Crippen molar-refractivity contribution in [2.24, 2.45) is 0 Å². The molecule has 0 rings (SSSR count). The van der Waals surface area contributed by atoms with E-state index in [-0.39, 0.29) is 45.9 Å². The van der Waals surface area contributed by atoms with Gasteiger partial charge in [0.1, 0.15) is 6.10 Å². The Balaban J connectivity index is -0.000000101. The average molecular weight is 392 g/mol. The molecular formula is C9H18O9Si2Zn. The predicted molar refractivity (Wildman–Crippen MR) is 65.4 cm³/mol. The van der Waals surface area contributed by atoms with E-state index in [1.807, 2.05) is 0 Å². The van der Waals surface area contributed by atoms with Crippen molar-refractivity contribution in [2.75, 3.05) is 26.4 Å². The van der Waals surface area contributed by atoms with Crippen molar-refractivity contribution in [3.8, 4) is 0 Å². The van der Waals surface area contributed by atoms with Crippen LogP contribution in [0.5, 0.6) is 0 Å². The minimum Gasteiger partial charge on any atom is -0.584 e. The molecule has 0 bridgehead atoms. The number of aliphatic hydroxyl groups is 3. The van der Waals surface area contributed by atoms with Crippen LogP contribution in [0.1, 0.15) is 0 Å². The average Bonchev–Trinajstić information content (AvgIpc) is 2.43. The van der Waals surface area contributed by atoms with Crippen LogP contribution in [0, 0.1) is 0 Å². The van der Waals surface area contributed by atoms with Crippen LogP contribution in [0.15, 0.2) is 25.3 Å². The number of hydrogen-bond donors (Lipinski definition) is 3. The van der Waals surface area contributed by atoms with E-state index < -0.39 is 24.4 Å². The molecule has 0 heterocycles. The minimum absolute atomic E-state index is 0. The quantitative estimate of drug-likeness (QED) is 0.279. The van der Waals surface area contributed by atoms with Gasteiger partial charge in [0.05, 0.1) is 13.2 Å². The molecule has 0 aromatic carbocycles. The molecule has 0 aromatic rings. The Morgan fingerprint density at radius 2 is 1.29 bits per heavy atom. The molecule has 0 radical (unpaired) electrons. The number of aliphatic hydroxyl groups excluding tert-OH is 3. The Morgan fingerprint density at radius 1 is 1.00 bits per heavy atom. The third-order valence-electron chi connectivity index (χ3n) is 1.06. The van der Waals surface area contributed by atoms with E-state index in [1.165, 1.54) is 12.2 Å². The van der Waals surface area contributed by atoms with Crippen LogP contribution in [0.25, 0.3) is 0 Å². The summed E-state index contributed by atoms with van der Waals surface area (Å²) in [6.45, 7) is 5.93. The topological polar surface area (TPSA) is 159 Å². The molecule has 12 heteroatoms. The van der Waals surface area contributed by atoms with Gasteiger partial charge in [-0.15, -0.1) is 13.2 Å². The Morgan fingerprint density at radius 3 is 1.33 bits per heavy atom. The second-order valence-corrected chi connectivity index (χ2v) is 4.30. The van der Waals surface area contributed by atoms with E-state index in [9.17, 15) is 18.5 Å². The molecular weight excluding hydrogens is 374 g/mol. The van der Waals surface area contributed by atoms with Crippen molar-refractivity contribution in [2.45, 2.75) is 6.10 Å². The van der Waals surface area contributed by atoms with Crippen molar-refractivity contribution < 1.29 is 62.2 Å². The van der Waals surface area contributed by atoms with Gasteiger partial charge in [-0.2, -0.15) is 0 Å². The van der Waals surface area contributed by atoms with Gasteiger partial charge in [0.15, 0.2) is 0 Å². The summed E-state index contributed by atoms with van der Waals surface area (Å²) in [5, 5.41) is 24.0. The first kappa shape index (κ1) is 28.4. The Labute approximate surface area is 138 Å². The molecule has 0 saturated carbocycles. The molecule has 0 amide bonds. The van der Waals surface area contributed by atoms with Gasteiger partial charge in [-0.25, -0.2) is 0 Å². The summed E-state index contributed by atoms with van der Waals surface area (Å²) < 4.78 is 27.3. The SMILES string of the molecule is C=CCO[Si](=O)[O-].C=CCO[Si](=O)[O-].OCC(O)CO.[Zn+2]. The van der Waals surface area contributed by atoms with Crippen LogP contribution in [0.3, 0.4) is 0 Å². The molecule has 0 aliphatic rings. The summed E-state index contributed by atoms with van der Waals surface area (Å²) >= 11 is 0. The molecule has 0 saturated heterocycles. The standard InChI is InChI=1S/2C3H5O3Si.C3H8O3.Zn/c2*1-2-3-6-7(4)5;4-1-3(6)2-5;/h2*2H,1,3H2;3-6H,1-2H2;/q2*-1;;+2. The molecule has 9 nitrogen and oxygen atoms in total. The zero-order valence-corrected chi connectivity index (χ0v) is 16.4. The molecule has 0 aliphatic heterocycles. The van der Waals surface area contributed by atoms with E-state index in [2.05, 4.69) is 22.0 Å². The van der Waals surface area contributed by atoms with Crippen LogP contribution < -0.4 is 9.59 Å². The van der Waals surface area contributed by atoms with Gasteiger partial charge in [-0.1, -0.05) is 12.2 Å². The molecule has 0 aliphatic carbocycles. The van der Waals surface area contributed by atoms with E-state index in [0.717, 1.165) is 0 Å². The van der Waals surface area contributed by atoms with Crippen LogP contribution >= 0.6 is 0 Å². The van der Waals surface area contributed by atoms with Crippen LogP contribution in [-0.4, -0.2) is 66.2 Å². The van der Waals surface area contributed by atoms with Crippen LogP contribution in [0.4, 0.5) is 0 Å². The first-order valence-corrected chi connectivity index (χ1v) is 7.59. The van der Waals surface area contributed by atoms with Crippen molar-refractivity contribution in [1.29, 1.82) is 0 Å². The molecule has 0 unspecified atom stereocenters. The van der Waals surface area contributed by atoms with Crippen molar-refractivity contribution in [1.82, 2.24) is 0 Å². The zero-order valence-electron chi connectivity index (χ0n) is 11.5. The maximum atomic E-state index is 9.56. The predicted octanol–water partition coefficient (Wildman–Crippen LogP) is -3.74. The summed E-state index contributed by atoms with van der Waals surface area (Å²) in [5.41, 5.74) is 0. The Bertz CT molecular complexity index is 252. The van der Waals surface area contributed by atoms with Gasteiger partial charge in [-0.3, -0.25) is 0 Å². The number of hydrogen-bond acceptors (Lipinski definition) is 9. The van der Waals surface area contributed by atoms with Gasteiger partial charge >= 0.3 is 37.8 Å². The molecule has 0 fully saturated rings. The van der Waals surface area contributed by atoms with Crippen molar-refractivity contribution in [3.05, 3.63) is 25.3 Å². The first-order chi connectivity index (χ1) is 9.35. The second-order valence-electron chi connectivity index (χ2n) is 2.72. The molecule has 3 N–H and O–H groups in total. The van der Waals surface area contributed by atoms with Gasteiger partial charge in [-0.05, 0) is 0 Å². The molecule has 118 valence electrons. The smallest absolute Gasteiger partial charge is 0.584 e. The summed E-state index contributed by atoms with van der Waals surface area (Å²) in [6, 6.07) is 0. The third kappa shape index (κ3) is 45.3. The fraction of sp³-hybridized carbons (Fsp3) is 0.556. The summed E-state index contributed by atoms with van der Waals surface area (Å²) in [6.07, 6.45) is 1.80. The van der Waals surface area contributed by atoms with E-state index in [1.54, 1.807) is 0 Å². The van der Waals surface area contributed by atoms with E-state index >= 15 is 0 Å². The van der Waals surface area contributed by atoms with Crippen LogP contribution in [-0.2, 0) is 37.3 Å². The summed E-state index contributed by atoms with van der Waals surface area (Å²) in [7, 11) is -5.94. The normalized spacial score (nSPS) is 7.81. The molecule has 0 aromatic heterocycles. The monoisotopic (exact) mass is 390 g/mol. The van der Waals surface area contributed by atoms with Gasteiger partial charge in [0, 0.05) is 13.2 Å². The first-order valence-electron chi connectivity index (χ1n) is 5.14. The minimum atomic E-state index is -2.97. The third-order valence-corrected chi connectivity index (χ3v) is 1.86. The Kier molecular flexibility index (Phi) is 32.8. The zero-order chi connectivity index (χ0) is 16.4. The summed E-state index contributed by atoms with van der Waals surface area (Å²) in [4.78, 5) is 19.1. The molecule has 0 atom stereocenters.